The molecule has 1 rings (SSSR count). The Morgan fingerprint density at radius 2 is 2.16 bits per heavy atom. The molecule has 9 heteroatoms. The fraction of sp³-hybridized carbons (Fsp3) is 0.200. The van der Waals surface area contributed by atoms with Crippen LogP contribution in [0.25, 0.3) is 0 Å². The largest absolute Gasteiger partial charge is 0.480 e. The molecule has 102 valence electrons. The van der Waals surface area contributed by atoms with E-state index in [1.165, 1.54) is 12.1 Å². The molecule has 3 N–H and O–H groups in total. The number of nitrogens with one attached hydrogen (secondary N) is 1. The van der Waals surface area contributed by atoms with Crippen molar-refractivity contribution in [1.29, 1.82) is 5.26 Å². The van der Waals surface area contributed by atoms with Gasteiger partial charge >= 0.3 is 5.97 Å². The first-order valence-electron chi connectivity index (χ1n) is 4.87. The van der Waals surface area contributed by atoms with Crippen molar-refractivity contribution in [3.63, 3.8) is 0 Å². The predicted molar refractivity (Wildman–Crippen MR) is 65.0 cm³/mol. The summed E-state index contributed by atoms with van der Waals surface area (Å²) in [7, 11) is -4.28. The number of carboxylic acid groups (broad SMARTS) is 1. The monoisotopic (exact) mass is 304 g/mol. The second-order valence-corrected chi connectivity index (χ2v) is 5.57. The number of halogens is 1. The molecule has 0 aliphatic rings. The number of hydrogen-bond donors (Lipinski definition) is 3. The van der Waals surface area contributed by atoms with Crippen LogP contribution in [-0.4, -0.2) is 37.2 Å². The van der Waals surface area contributed by atoms with Crippen LogP contribution in [0.2, 0.25) is 5.02 Å². The molecule has 19 heavy (non-hydrogen) atoms. The minimum atomic E-state index is -4.28. The second-order valence-electron chi connectivity index (χ2n) is 3.45. The molecular formula is C10H9ClN2O5S. The molecule has 0 saturated heterocycles. The molecule has 0 radical (unpaired) electrons. The highest BCUT2D eigenvalue weighted by Crippen LogP contribution is 2.20. The van der Waals surface area contributed by atoms with Gasteiger partial charge in [-0.25, -0.2) is 8.42 Å². The molecule has 0 bridgehead atoms. The van der Waals surface area contributed by atoms with E-state index in [-0.39, 0.29) is 10.6 Å². The van der Waals surface area contributed by atoms with Crippen LogP contribution < -0.4 is 4.72 Å². The molecule has 1 aromatic rings. The van der Waals surface area contributed by atoms with E-state index >= 15 is 0 Å². The number of benzene rings is 1. The number of sulfonamides is 1. The molecule has 1 aromatic carbocycles. The molecule has 0 aromatic heterocycles. The quantitative estimate of drug-likeness (QED) is 0.699. The van der Waals surface area contributed by atoms with E-state index in [0.717, 1.165) is 6.07 Å². The summed E-state index contributed by atoms with van der Waals surface area (Å²) in [5.74, 6) is -1.54. The number of nitriles is 1. The normalized spacial score (nSPS) is 12.7. The van der Waals surface area contributed by atoms with Crippen molar-refractivity contribution in [3.05, 3.63) is 28.8 Å². The van der Waals surface area contributed by atoms with Crippen LogP contribution in [0.4, 0.5) is 0 Å². The number of rotatable bonds is 5. The average molecular weight is 305 g/mol. The van der Waals surface area contributed by atoms with E-state index in [1.807, 2.05) is 0 Å². The van der Waals surface area contributed by atoms with Gasteiger partial charge in [0.25, 0.3) is 0 Å². The van der Waals surface area contributed by atoms with Crippen LogP contribution in [0.3, 0.4) is 0 Å². The van der Waals surface area contributed by atoms with E-state index in [1.54, 1.807) is 10.8 Å². The Morgan fingerprint density at radius 3 is 2.63 bits per heavy atom. The van der Waals surface area contributed by atoms with E-state index in [9.17, 15) is 13.2 Å². The minimum Gasteiger partial charge on any atom is -0.480 e. The van der Waals surface area contributed by atoms with Crippen LogP contribution in [-0.2, 0) is 14.8 Å². The summed E-state index contributed by atoms with van der Waals surface area (Å²) in [5.41, 5.74) is -0.182. The number of aliphatic hydroxyl groups excluding tert-OH is 1. The Hall–Kier alpha value is -1.66. The molecule has 0 heterocycles. The van der Waals surface area contributed by atoms with Gasteiger partial charge in [0.2, 0.25) is 10.0 Å². The zero-order valence-electron chi connectivity index (χ0n) is 9.37. The van der Waals surface area contributed by atoms with Crippen molar-refractivity contribution < 1.29 is 23.4 Å². The van der Waals surface area contributed by atoms with Gasteiger partial charge in [0.1, 0.15) is 17.0 Å². The summed E-state index contributed by atoms with van der Waals surface area (Å²) in [5, 5.41) is 26.4. The number of carbonyl (C=O) groups is 1. The number of nitrogens with zero attached hydrogens (tertiary/aromatic N) is 1. The second kappa shape index (κ2) is 5.99. The maximum absolute atomic E-state index is 11.9. The summed E-state index contributed by atoms with van der Waals surface area (Å²) < 4.78 is 25.7. The maximum Gasteiger partial charge on any atom is 0.324 e. The third-order valence-electron chi connectivity index (χ3n) is 2.13. The molecule has 0 fully saturated rings. The molecule has 0 aliphatic heterocycles. The predicted octanol–water partition coefficient (Wildman–Crippen LogP) is -0.0645. The Labute approximate surface area is 114 Å². The zero-order chi connectivity index (χ0) is 14.6. The molecule has 0 spiro atoms. The van der Waals surface area contributed by atoms with Gasteiger partial charge < -0.3 is 10.2 Å². The van der Waals surface area contributed by atoms with Crippen LogP contribution in [0.1, 0.15) is 5.56 Å². The maximum atomic E-state index is 11.9. The fourth-order valence-electron chi connectivity index (χ4n) is 1.23. The fourth-order valence-corrected chi connectivity index (χ4v) is 2.83. The smallest absolute Gasteiger partial charge is 0.324 e. The van der Waals surface area contributed by atoms with Gasteiger partial charge in [0, 0.05) is 5.02 Å². The van der Waals surface area contributed by atoms with Crippen molar-refractivity contribution in [2.24, 2.45) is 0 Å². The molecule has 0 unspecified atom stereocenters. The van der Waals surface area contributed by atoms with Crippen molar-refractivity contribution in [3.8, 4) is 6.07 Å². The lowest BCUT2D eigenvalue weighted by molar-refractivity contribution is -0.139. The third kappa shape index (κ3) is 3.65. The zero-order valence-corrected chi connectivity index (χ0v) is 10.9. The van der Waals surface area contributed by atoms with E-state index < -0.39 is 33.5 Å². The van der Waals surface area contributed by atoms with Crippen molar-refractivity contribution >= 4 is 27.6 Å². The van der Waals surface area contributed by atoms with Crippen molar-refractivity contribution in [1.82, 2.24) is 4.72 Å². The Morgan fingerprint density at radius 1 is 1.53 bits per heavy atom. The van der Waals surface area contributed by atoms with Gasteiger partial charge in [-0.2, -0.15) is 9.98 Å². The van der Waals surface area contributed by atoms with Crippen LogP contribution in [0.15, 0.2) is 23.1 Å². The summed E-state index contributed by atoms with van der Waals surface area (Å²) in [6.07, 6.45) is 0. The minimum absolute atomic E-state index is 0.0789. The van der Waals surface area contributed by atoms with Gasteiger partial charge in [-0.1, -0.05) is 11.6 Å². The molecule has 0 amide bonds. The molecule has 7 nitrogen and oxygen atoms in total. The number of carboxylic acids is 1. The summed E-state index contributed by atoms with van der Waals surface area (Å²) in [4.78, 5) is 10.2. The first kappa shape index (κ1) is 15.4. The average Bonchev–Trinajstić information content (AvgIpc) is 2.35. The first-order valence-corrected chi connectivity index (χ1v) is 6.73. The van der Waals surface area contributed by atoms with E-state index in [0.29, 0.717) is 0 Å². The summed E-state index contributed by atoms with van der Waals surface area (Å²) in [6, 6.07) is 3.52. The van der Waals surface area contributed by atoms with E-state index in [4.69, 9.17) is 27.1 Å². The SMILES string of the molecule is N#Cc1ccc(Cl)cc1S(=O)(=O)N[C@@H](CO)C(=O)O. The molecule has 0 aliphatic carbocycles. The lowest BCUT2D eigenvalue weighted by atomic mass is 10.2. The van der Waals surface area contributed by atoms with Crippen LogP contribution in [0, 0.1) is 11.3 Å². The standard InChI is InChI=1S/C10H9ClN2O5S/c11-7-2-1-6(4-12)9(3-7)19(17,18)13-8(5-14)10(15)16/h1-3,8,13-14H,5H2,(H,15,16)/t8-/m0/s1. The highest BCUT2D eigenvalue weighted by atomic mass is 35.5. The van der Waals surface area contributed by atoms with Gasteiger partial charge in [-0.15, -0.1) is 0 Å². The molecular weight excluding hydrogens is 296 g/mol. The van der Waals surface area contributed by atoms with Gasteiger partial charge in [0.15, 0.2) is 0 Å². The first-order chi connectivity index (χ1) is 8.81. The highest BCUT2D eigenvalue weighted by molar-refractivity contribution is 7.89. The Kier molecular flexibility index (Phi) is 4.85. The topological polar surface area (TPSA) is 127 Å². The molecule has 1 atom stereocenters. The Bertz CT molecular complexity index is 638. The number of hydrogen-bond acceptors (Lipinski definition) is 5. The summed E-state index contributed by atoms with van der Waals surface area (Å²) in [6.45, 7) is -0.920. The van der Waals surface area contributed by atoms with Crippen LogP contribution >= 0.6 is 11.6 Å². The third-order valence-corrected chi connectivity index (χ3v) is 3.88. The number of aliphatic carboxylic acids is 1. The summed E-state index contributed by atoms with van der Waals surface area (Å²) >= 11 is 5.65. The lowest BCUT2D eigenvalue weighted by Gasteiger charge is -2.13. The van der Waals surface area contributed by atoms with E-state index in [2.05, 4.69) is 0 Å². The van der Waals surface area contributed by atoms with Crippen LogP contribution in [0.5, 0.6) is 0 Å². The number of aliphatic hydroxyl groups is 1. The van der Waals surface area contributed by atoms with Crippen molar-refractivity contribution in [2.45, 2.75) is 10.9 Å². The van der Waals surface area contributed by atoms with Gasteiger partial charge in [-0.05, 0) is 18.2 Å². The molecule has 0 saturated carbocycles. The van der Waals surface area contributed by atoms with Gasteiger partial charge in [0.05, 0.1) is 12.2 Å². The Balaban J connectivity index is 3.25. The lowest BCUT2D eigenvalue weighted by Crippen LogP contribution is -2.43. The van der Waals surface area contributed by atoms with Crippen molar-refractivity contribution in [2.75, 3.05) is 6.61 Å². The highest BCUT2D eigenvalue weighted by Gasteiger charge is 2.26. The van der Waals surface area contributed by atoms with Gasteiger partial charge in [-0.3, -0.25) is 4.79 Å².